The summed E-state index contributed by atoms with van der Waals surface area (Å²) in [6, 6.07) is 0.127. The van der Waals surface area contributed by atoms with Crippen molar-refractivity contribution >= 4 is 5.91 Å². The van der Waals surface area contributed by atoms with Crippen molar-refractivity contribution in [1.29, 1.82) is 0 Å². The molecule has 1 aliphatic rings. The Kier molecular flexibility index (Phi) is 7.52. The number of carbonyl (C=O) groups excluding carboxylic acids is 1. The standard InChI is InChI=1S/C17H30N4O2/c1-2-7-15-20-17(23-21-15)11-6-10-16(22)19-14(12-18)13-8-4-3-5-9-13/h13-14H,2-12,18H2,1H3,(H,19,22). The van der Waals surface area contributed by atoms with Crippen LogP contribution in [0.1, 0.15) is 70.0 Å². The van der Waals surface area contributed by atoms with Crippen LogP contribution >= 0.6 is 0 Å². The van der Waals surface area contributed by atoms with Crippen LogP contribution in [0.3, 0.4) is 0 Å². The Bertz CT molecular complexity index is 469. The Morgan fingerprint density at radius 1 is 1.35 bits per heavy atom. The van der Waals surface area contributed by atoms with E-state index in [1.54, 1.807) is 0 Å². The minimum Gasteiger partial charge on any atom is -0.352 e. The summed E-state index contributed by atoms with van der Waals surface area (Å²) in [5, 5.41) is 7.04. The number of hydrogen-bond acceptors (Lipinski definition) is 5. The first kappa shape index (κ1) is 17.9. The Morgan fingerprint density at radius 2 is 2.13 bits per heavy atom. The van der Waals surface area contributed by atoms with Crippen molar-refractivity contribution in [1.82, 2.24) is 15.5 Å². The zero-order chi connectivity index (χ0) is 16.5. The van der Waals surface area contributed by atoms with Crippen LogP contribution in [0.5, 0.6) is 0 Å². The predicted molar refractivity (Wildman–Crippen MR) is 88.8 cm³/mol. The molecule has 23 heavy (non-hydrogen) atoms. The molecule has 1 unspecified atom stereocenters. The lowest BCUT2D eigenvalue weighted by atomic mass is 9.84. The number of aromatic nitrogens is 2. The quantitative estimate of drug-likeness (QED) is 0.728. The van der Waals surface area contributed by atoms with Gasteiger partial charge in [0.05, 0.1) is 0 Å². The van der Waals surface area contributed by atoms with Gasteiger partial charge in [-0.3, -0.25) is 4.79 Å². The van der Waals surface area contributed by atoms with Crippen molar-refractivity contribution in [2.75, 3.05) is 6.54 Å². The van der Waals surface area contributed by atoms with Gasteiger partial charge in [-0.1, -0.05) is 31.3 Å². The average molecular weight is 322 g/mol. The highest BCUT2D eigenvalue weighted by Gasteiger charge is 2.23. The van der Waals surface area contributed by atoms with Crippen LogP contribution < -0.4 is 11.1 Å². The molecule has 6 nitrogen and oxygen atoms in total. The molecule has 0 saturated heterocycles. The largest absolute Gasteiger partial charge is 0.352 e. The molecule has 1 saturated carbocycles. The minimum absolute atomic E-state index is 0.0827. The van der Waals surface area contributed by atoms with E-state index in [0.717, 1.165) is 25.1 Å². The molecule has 130 valence electrons. The highest BCUT2D eigenvalue weighted by Crippen LogP contribution is 2.26. The van der Waals surface area contributed by atoms with E-state index in [1.807, 2.05) is 0 Å². The van der Waals surface area contributed by atoms with Crippen molar-refractivity contribution in [3.63, 3.8) is 0 Å². The van der Waals surface area contributed by atoms with Crippen molar-refractivity contribution in [2.45, 2.75) is 77.2 Å². The summed E-state index contributed by atoms with van der Waals surface area (Å²) in [4.78, 5) is 16.4. The van der Waals surface area contributed by atoms with Crippen LogP contribution in [0.2, 0.25) is 0 Å². The monoisotopic (exact) mass is 322 g/mol. The molecular formula is C17H30N4O2. The van der Waals surface area contributed by atoms with Crippen LogP contribution in [0.25, 0.3) is 0 Å². The molecule has 0 spiro atoms. The Labute approximate surface area is 138 Å². The van der Waals surface area contributed by atoms with Gasteiger partial charge in [0.2, 0.25) is 11.8 Å². The number of nitrogens with two attached hydrogens (primary N) is 1. The summed E-state index contributed by atoms with van der Waals surface area (Å²) in [7, 11) is 0. The van der Waals surface area contributed by atoms with E-state index in [2.05, 4.69) is 22.4 Å². The fourth-order valence-electron chi connectivity index (χ4n) is 3.30. The van der Waals surface area contributed by atoms with E-state index in [9.17, 15) is 4.79 Å². The molecule has 6 heteroatoms. The van der Waals surface area contributed by atoms with Gasteiger partial charge in [0.1, 0.15) is 0 Å². The first-order chi connectivity index (χ1) is 11.2. The zero-order valence-electron chi connectivity index (χ0n) is 14.2. The molecule has 0 aliphatic heterocycles. The second-order valence-electron chi connectivity index (χ2n) is 6.52. The van der Waals surface area contributed by atoms with E-state index < -0.39 is 0 Å². The Hall–Kier alpha value is -1.43. The number of aryl methyl sites for hydroxylation is 2. The molecule has 1 aliphatic carbocycles. The lowest BCUT2D eigenvalue weighted by Gasteiger charge is -2.30. The third-order valence-corrected chi connectivity index (χ3v) is 4.60. The summed E-state index contributed by atoms with van der Waals surface area (Å²) >= 11 is 0. The van der Waals surface area contributed by atoms with Gasteiger partial charge in [-0.25, -0.2) is 0 Å². The molecule has 0 radical (unpaired) electrons. The van der Waals surface area contributed by atoms with E-state index >= 15 is 0 Å². The maximum atomic E-state index is 12.1. The van der Waals surface area contributed by atoms with Crippen LogP contribution in [0.4, 0.5) is 0 Å². The third-order valence-electron chi connectivity index (χ3n) is 4.60. The van der Waals surface area contributed by atoms with Gasteiger partial charge in [-0.05, 0) is 31.6 Å². The number of rotatable bonds is 9. The summed E-state index contributed by atoms with van der Waals surface area (Å²) in [5.74, 6) is 2.01. The van der Waals surface area contributed by atoms with Crippen LogP contribution in [0, 0.1) is 5.92 Å². The number of nitrogens with zero attached hydrogens (tertiary/aromatic N) is 2. The van der Waals surface area contributed by atoms with Crippen LogP contribution in [-0.4, -0.2) is 28.6 Å². The normalized spacial score (nSPS) is 17.1. The average Bonchev–Trinajstić information content (AvgIpc) is 3.01. The SMILES string of the molecule is CCCc1noc(CCCC(=O)NC(CN)C2CCCCC2)n1. The number of amides is 1. The summed E-state index contributed by atoms with van der Waals surface area (Å²) in [6.07, 6.45) is 9.90. The number of hydrogen-bond donors (Lipinski definition) is 2. The second kappa shape index (κ2) is 9.65. The molecule has 1 fully saturated rings. The van der Waals surface area contributed by atoms with Gasteiger partial charge < -0.3 is 15.6 Å². The molecule has 2 rings (SSSR count). The smallest absolute Gasteiger partial charge is 0.226 e. The highest BCUT2D eigenvalue weighted by atomic mass is 16.5. The maximum Gasteiger partial charge on any atom is 0.226 e. The fraction of sp³-hybridized carbons (Fsp3) is 0.824. The third kappa shape index (κ3) is 5.94. The molecule has 1 aromatic rings. The molecule has 1 atom stereocenters. The van der Waals surface area contributed by atoms with Crippen molar-refractivity contribution < 1.29 is 9.32 Å². The van der Waals surface area contributed by atoms with Gasteiger partial charge in [0.25, 0.3) is 0 Å². The second-order valence-corrected chi connectivity index (χ2v) is 6.52. The first-order valence-electron chi connectivity index (χ1n) is 9.03. The molecular weight excluding hydrogens is 292 g/mol. The topological polar surface area (TPSA) is 94.0 Å². The molecule has 0 bridgehead atoms. The van der Waals surface area contributed by atoms with Gasteiger partial charge in [-0.2, -0.15) is 4.98 Å². The number of nitrogens with one attached hydrogen (secondary N) is 1. The fourth-order valence-corrected chi connectivity index (χ4v) is 3.30. The molecule has 1 amide bonds. The number of carbonyl (C=O) groups is 1. The van der Waals surface area contributed by atoms with Crippen LogP contribution in [0.15, 0.2) is 4.52 Å². The molecule has 0 aromatic carbocycles. The Morgan fingerprint density at radius 3 is 2.83 bits per heavy atom. The molecule has 1 aromatic heterocycles. The van der Waals surface area contributed by atoms with Gasteiger partial charge in [0, 0.05) is 31.8 Å². The van der Waals surface area contributed by atoms with Crippen molar-refractivity contribution in [3.8, 4) is 0 Å². The minimum atomic E-state index is 0.0827. The van der Waals surface area contributed by atoms with Gasteiger partial charge in [0.15, 0.2) is 5.82 Å². The lowest BCUT2D eigenvalue weighted by molar-refractivity contribution is -0.122. The lowest BCUT2D eigenvalue weighted by Crippen LogP contribution is -2.45. The summed E-state index contributed by atoms with van der Waals surface area (Å²) < 4.78 is 5.18. The van der Waals surface area contributed by atoms with Crippen LogP contribution in [-0.2, 0) is 17.6 Å². The zero-order valence-corrected chi connectivity index (χ0v) is 14.2. The molecule has 3 N–H and O–H groups in total. The van der Waals surface area contributed by atoms with Gasteiger partial charge >= 0.3 is 0 Å². The first-order valence-corrected chi connectivity index (χ1v) is 9.03. The Balaban J connectivity index is 1.68. The highest BCUT2D eigenvalue weighted by molar-refractivity contribution is 5.76. The van der Waals surface area contributed by atoms with E-state index in [0.29, 0.717) is 31.2 Å². The van der Waals surface area contributed by atoms with E-state index in [1.165, 1.54) is 32.1 Å². The van der Waals surface area contributed by atoms with Gasteiger partial charge in [-0.15, -0.1) is 0 Å². The van der Waals surface area contributed by atoms with Crippen molar-refractivity contribution in [2.24, 2.45) is 11.7 Å². The summed E-state index contributed by atoms with van der Waals surface area (Å²) in [6.45, 7) is 2.61. The predicted octanol–water partition coefficient (Wildman–Crippen LogP) is 2.37. The van der Waals surface area contributed by atoms with E-state index in [-0.39, 0.29) is 11.9 Å². The molecule has 1 heterocycles. The maximum absolute atomic E-state index is 12.1. The van der Waals surface area contributed by atoms with Crippen molar-refractivity contribution in [3.05, 3.63) is 11.7 Å². The van der Waals surface area contributed by atoms with E-state index in [4.69, 9.17) is 10.3 Å². The summed E-state index contributed by atoms with van der Waals surface area (Å²) in [5.41, 5.74) is 5.85.